The fourth-order valence-corrected chi connectivity index (χ4v) is 2.35. The molecule has 0 amide bonds. The maximum absolute atomic E-state index is 5.36. The van der Waals surface area contributed by atoms with Gasteiger partial charge in [-0.1, -0.05) is 55.8 Å². The molecule has 1 heterocycles. The third-order valence-electron chi connectivity index (χ3n) is 3.27. The molecular formula is C16H23N3O. The highest BCUT2D eigenvalue weighted by molar-refractivity contribution is 5.18. The van der Waals surface area contributed by atoms with Crippen LogP contribution >= 0.6 is 0 Å². The molecule has 0 aliphatic rings. The number of nitrogens with zero attached hydrogens (tertiary/aromatic N) is 2. The maximum atomic E-state index is 5.36. The summed E-state index contributed by atoms with van der Waals surface area (Å²) in [5.41, 5.74) is 1.21. The van der Waals surface area contributed by atoms with Gasteiger partial charge in [-0.25, -0.2) is 0 Å². The molecule has 4 heteroatoms. The molecule has 0 spiro atoms. The molecule has 0 fully saturated rings. The Hall–Kier alpha value is -1.68. The van der Waals surface area contributed by atoms with Crippen LogP contribution in [-0.2, 0) is 12.8 Å². The molecule has 2 rings (SSSR count). The van der Waals surface area contributed by atoms with Crippen molar-refractivity contribution in [2.45, 2.75) is 45.6 Å². The average molecular weight is 273 g/mol. The Morgan fingerprint density at radius 3 is 2.70 bits per heavy atom. The van der Waals surface area contributed by atoms with Gasteiger partial charge in [0, 0.05) is 18.9 Å². The third-order valence-corrected chi connectivity index (χ3v) is 3.27. The molecule has 0 radical (unpaired) electrons. The van der Waals surface area contributed by atoms with Crippen LogP contribution in [0.4, 0.5) is 0 Å². The minimum atomic E-state index is 0.426. The fourth-order valence-electron chi connectivity index (χ4n) is 2.35. The van der Waals surface area contributed by atoms with Crippen molar-refractivity contribution >= 4 is 0 Å². The van der Waals surface area contributed by atoms with Crippen molar-refractivity contribution < 1.29 is 4.52 Å². The second-order valence-electron chi connectivity index (χ2n) is 5.01. The van der Waals surface area contributed by atoms with Gasteiger partial charge in [0.05, 0.1) is 0 Å². The fraction of sp³-hybridized carbons (Fsp3) is 0.500. The van der Waals surface area contributed by atoms with E-state index in [2.05, 4.69) is 41.4 Å². The summed E-state index contributed by atoms with van der Waals surface area (Å²) >= 11 is 0. The average Bonchev–Trinajstić information content (AvgIpc) is 2.88. The summed E-state index contributed by atoms with van der Waals surface area (Å²) in [6.45, 7) is 5.28. The largest absolute Gasteiger partial charge is 0.339 e. The van der Waals surface area contributed by atoms with Crippen LogP contribution in [0.2, 0.25) is 0 Å². The topological polar surface area (TPSA) is 51.0 Å². The van der Waals surface area contributed by atoms with E-state index in [0.29, 0.717) is 6.04 Å². The Morgan fingerprint density at radius 2 is 2.00 bits per heavy atom. The number of likely N-dealkylation sites (N-methyl/N-ethyl adjacent to an activating group) is 1. The van der Waals surface area contributed by atoms with E-state index in [1.165, 1.54) is 5.56 Å². The molecule has 1 aromatic heterocycles. The molecule has 0 aliphatic heterocycles. The second-order valence-corrected chi connectivity index (χ2v) is 5.01. The van der Waals surface area contributed by atoms with E-state index < -0.39 is 0 Å². The van der Waals surface area contributed by atoms with Gasteiger partial charge in [0.2, 0.25) is 5.89 Å². The molecule has 4 nitrogen and oxygen atoms in total. The molecule has 0 saturated carbocycles. The zero-order valence-corrected chi connectivity index (χ0v) is 12.3. The van der Waals surface area contributed by atoms with E-state index in [0.717, 1.165) is 43.9 Å². The Kier molecular flexibility index (Phi) is 5.74. The Balaban J connectivity index is 1.94. The van der Waals surface area contributed by atoms with Crippen LogP contribution in [0.25, 0.3) is 0 Å². The van der Waals surface area contributed by atoms with Gasteiger partial charge >= 0.3 is 0 Å². The number of hydrogen-bond acceptors (Lipinski definition) is 4. The first-order valence-electron chi connectivity index (χ1n) is 7.40. The monoisotopic (exact) mass is 273 g/mol. The van der Waals surface area contributed by atoms with Crippen molar-refractivity contribution in [3.8, 4) is 0 Å². The minimum Gasteiger partial charge on any atom is -0.339 e. The molecule has 2 aromatic rings. The lowest BCUT2D eigenvalue weighted by atomic mass is 10.1. The summed E-state index contributed by atoms with van der Waals surface area (Å²) in [7, 11) is 0. The van der Waals surface area contributed by atoms with Crippen LogP contribution in [0, 0.1) is 0 Å². The Labute approximate surface area is 120 Å². The van der Waals surface area contributed by atoms with E-state index in [1.807, 2.05) is 18.2 Å². The zero-order valence-electron chi connectivity index (χ0n) is 12.3. The summed E-state index contributed by atoms with van der Waals surface area (Å²) in [5, 5.41) is 7.53. The van der Waals surface area contributed by atoms with Crippen molar-refractivity contribution in [3.63, 3.8) is 0 Å². The predicted octanol–water partition coefficient (Wildman–Crippen LogP) is 2.98. The number of nitrogens with one attached hydrogen (secondary N) is 1. The van der Waals surface area contributed by atoms with Crippen molar-refractivity contribution in [2.75, 3.05) is 6.54 Å². The van der Waals surface area contributed by atoms with E-state index >= 15 is 0 Å². The van der Waals surface area contributed by atoms with Gasteiger partial charge in [0.25, 0.3) is 0 Å². The van der Waals surface area contributed by atoms with Gasteiger partial charge in [-0.3, -0.25) is 0 Å². The lowest BCUT2D eigenvalue weighted by molar-refractivity contribution is 0.349. The van der Waals surface area contributed by atoms with Gasteiger partial charge in [-0.2, -0.15) is 4.98 Å². The second kappa shape index (κ2) is 7.80. The van der Waals surface area contributed by atoms with Crippen molar-refractivity contribution in [1.29, 1.82) is 0 Å². The number of hydrogen-bond donors (Lipinski definition) is 1. The van der Waals surface area contributed by atoms with E-state index in [9.17, 15) is 0 Å². The van der Waals surface area contributed by atoms with Gasteiger partial charge < -0.3 is 9.84 Å². The molecule has 1 atom stereocenters. The molecule has 0 saturated heterocycles. The number of rotatable bonds is 8. The van der Waals surface area contributed by atoms with Gasteiger partial charge in [-0.15, -0.1) is 0 Å². The van der Waals surface area contributed by atoms with Crippen molar-refractivity contribution in [2.24, 2.45) is 0 Å². The molecule has 0 aliphatic carbocycles. The van der Waals surface area contributed by atoms with Crippen LogP contribution in [-0.4, -0.2) is 22.7 Å². The van der Waals surface area contributed by atoms with E-state index in [-0.39, 0.29) is 0 Å². The lowest BCUT2D eigenvalue weighted by Gasteiger charge is -2.14. The van der Waals surface area contributed by atoms with E-state index in [1.54, 1.807) is 0 Å². The van der Waals surface area contributed by atoms with Crippen LogP contribution in [0.1, 0.15) is 44.0 Å². The van der Waals surface area contributed by atoms with Gasteiger partial charge in [0.15, 0.2) is 5.82 Å². The van der Waals surface area contributed by atoms with Crippen LogP contribution < -0.4 is 5.32 Å². The quantitative estimate of drug-likeness (QED) is 0.803. The highest BCUT2D eigenvalue weighted by atomic mass is 16.5. The first-order valence-corrected chi connectivity index (χ1v) is 7.40. The molecule has 1 N–H and O–H groups in total. The highest BCUT2D eigenvalue weighted by Crippen LogP contribution is 2.09. The summed E-state index contributed by atoms with van der Waals surface area (Å²) in [4.78, 5) is 4.49. The van der Waals surface area contributed by atoms with Crippen LogP contribution in [0.15, 0.2) is 34.9 Å². The molecule has 1 aromatic carbocycles. The minimum absolute atomic E-state index is 0.426. The van der Waals surface area contributed by atoms with Gasteiger partial charge in [0.1, 0.15) is 0 Å². The molecular weight excluding hydrogens is 250 g/mol. The first kappa shape index (κ1) is 14.7. The molecule has 20 heavy (non-hydrogen) atoms. The van der Waals surface area contributed by atoms with Crippen molar-refractivity contribution in [3.05, 3.63) is 47.6 Å². The summed E-state index contributed by atoms with van der Waals surface area (Å²) in [6.07, 6.45) is 3.82. The number of aromatic nitrogens is 2. The SMILES string of the molecule is CCCC(Cc1nc(Cc2ccccc2)no1)NCC. The standard InChI is InChI=1S/C16H23N3O/c1-3-8-14(17-4-2)12-16-18-15(19-20-16)11-13-9-6-5-7-10-13/h5-7,9-10,14,17H,3-4,8,11-12H2,1-2H3. The molecule has 0 bridgehead atoms. The maximum Gasteiger partial charge on any atom is 0.228 e. The predicted molar refractivity (Wildman–Crippen MR) is 79.6 cm³/mol. The summed E-state index contributed by atoms with van der Waals surface area (Å²) in [5.74, 6) is 1.49. The molecule has 108 valence electrons. The Bertz CT molecular complexity index is 489. The first-order chi connectivity index (χ1) is 9.81. The highest BCUT2D eigenvalue weighted by Gasteiger charge is 2.13. The van der Waals surface area contributed by atoms with Gasteiger partial charge in [-0.05, 0) is 18.5 Å². The lowest BCUT2D eigenvalue weighted by Crippen LogP contribution is -2.30. The Morgan fingerprint density at radius 1 is 1.20 bits per heavy atom. The normalized spacial score (nSPS) is 12.5. The smallest absolute Gasteiger partial charge is 0.228 e. The van der Waals surface area contributed by atoms with Crippen LogP contribution in [0.3, 0.4) is 0 Å². The van der Waals surface area contributed by atoms with Crippen molar-refractivity contribution in [1.82, 2.24) is 15.5 Å². The molecule has 1 unspecified atom stereocenters. The van der Waals surface area contributed by atoms with Crippen LogP contribution in [0.5, 0.6) is 0 Å². The summed E-state index contributed by atoms with van der Waals surface area (Å²) in [6, 6.07) is 10.6. The number of benzene rings is 1. The zero-order chi connectivity index (χ0) is 14.2. The van der Waals surface area contributed by atoms with E-state index in [4.69, 9.17) is 4.52 Å². The third kappa shape index (κ3) is 4.46. The summed E-state index contributed by atoms with van der Waals surface area (Å²) < 4.78 is 5.36.